The number of benzene rings is 4. The number of halogens is 1. The van der Waals surface area contributed by atoms with Crippen molar-refractivity contribution in [1.82, 2.24) is 0 Å². The molecular weight excluding hydrogens is 410 g/mol. The lowest BCUT2D eigenvalue weighted by Crippen LogP contribution is -2.09. The standard InChI is InChI=1S/C25H18BrNO/c1-17-7-10-20(11-8-17)27(19-5-3-2-4-6-19)21-12-14-23-22-13-9-18(26)15-24(22)28-25(23)16-21/h2-16H,1H3. The van der Waals surface area contributed by atoms with Crippen molar-refractivity contribution in [2.75, 3.05) is 4.90 Å². The zero-order valence-corrected chi connectivity index (χ0v) is 17.0. The second-order valence-corrected chi connectivity index (χ2v) is 7.85. The molecule has 0 aliphatic heterocycles. The molecule has 0 aliphatic carbocycles. The highest BCUT2D eigenvalue weighted by Gasteiger charge is 2.15. The van der Waals surface area contributed by atoms with Gasteiger partial charge in [-0.2, -0.15) is 0 Å². The third-order valence-electron chi connectivity index (χ3n) is 4.98. The fraction of sp³-hybridized carbons (Fsp3) is 0.0400. The van der Waals surface area contributed by atoms with Gasteiger partial charge in [-0.1, -0.05) is 51.8 Å². The van der Waals surface area contributed by atoms with Crippen LogP contribution in [0.4, 0.5) is 17.1 Å². The van der Waals surface area contributed by atoms with Gasteiger partial charge in [-0.05, 0) is 61.5 Å². The van der Waals surface area contributed by atoms with Crippen LogP contribution >= 0.6 is 15.9 Å². The first-order valence-corrected chi connectivity index (χ1v) is 10.0. The molecule has 5 aromatic rings. The van der Waals surface area contributed by atoms with E-state index in [4.69, 9.17) is 4.42 Å². The molecule has 0 saturated carbocycles. The number of aryl methyl sites for hydroxylation is 1. The number of nitrogens with zero attached hydrogens (tertiary/aromatic N) is 1. The Kier molecular flexibility index (Phi) is 4.18. The van der Waals surface area contributed by atoms with Crippen LogP contribution in [-0.2, 0) is 0 Å². The van der Waals surface area contributed by atoms with E-state index in [0.717, 1.165) is 43.5 Å². The van der Waals surface area contributed by atoms with Gasteiger partial charge < -0.3 is 9.32 Å². The molecule has 0 bridgehead atoms. The highest BCUT2D eigenvalue weighted by molar-refractivity contribution is 9.10. The largest absolute Gasteiger partial charge is 0.456 e. The summed E-state index contributed by atoms with van der Waals surface area (Å²) >= 11 is 3.53. The monoisotopic (exact) mass is 427 g/mol. The average molecular weight is 428 g/mol. The molecule has 0 aliphatic rings. The van der Waals surface area contributed by atoms with Crippen LogP contribution < -0.4 is 4.90 Å². The van der Waals surface area contributed by atoms with Gasteiger partial charge in [-0.25, -0.2) is 0 Å². The normalized spacial score (nSPS) is 11.2. The molecule has 0 spiro atoms. The molecule has 28 heavy (non-hydrogen) atoms. The predicted molar refractivity (Wildman–Crippen MR) is 121 cm³/mol. The average Bonchev–Trinajstić information content (AvgIpc) is 3.07. The molecule has 1 heterocycles. The Morgan fingerprint density at radius 2 is 1.25 bits per heavy atom. The topological polar surface area (TPSA) is 16.4 Å². The van der Waals surface area contributed by atoms with E-state index in [1.807, 2.05) is 18.2 Å². The van der Waals surface area contributed by atoms with Crippen LogP contribution in [0, 0.1) is 6.92 Å². The first-order valence-electron chi connectivity index (χ1n) is 9.23. The van der Waals surface area contributed by atoms with E-state index < -0.39 is 0 Å². The predicted octanol–water partition coefficient (Wildman–Crippen LogP) is 8.13. The van der Waals surface area contributed by atoms with Crippen LogP contribution in [0.5, 0.6) is 0 Å². The molecule has 5 rings (SSSR count). The fourth-order valence-corrected chi connectivity index (χ4v) is 3.94. The van der Waals surface area contributed by atoms with Crippen molar-refractivity contribution < 1.29 is 4.42 Å². The molecule has 0 N–H and O–H groups in total. The third kappa shape index (κ3) is 2.98. The van der Waals surface area contributed by atoms with E-state index in [1.54, 1.807) is 0 Å². The van der Waals surface area contributed by atoms with Crippen LogP contribution in [0.2, 0.25) is 0 Å². The summed E-state index contributed by atoms with van der Waals surface area (Å²) in [5.74, 6) is 0. The molecule has 0 amide bonds. The zero-order chi connectivity index (χ0) is 19.1. The maximum absolute atomic E-state index is 6.16. The van der Waals surface area contributed by atoms with Crippen molar-refractivity contribution in [2.45, 2.75) is 6.92 Å². The Morgan fingerprint density at radius 3 is 2.00 bits per heavy atom. The number of hydrogen-bond donors (Lipinski definition) is 0. The van der Waals surface area contributed by atoms with E-state index in [2.05, 4.69) is 101 Å². The number of rotatable bonds is 3. The second kappa shape index (κ2) is 6.84. The van der Waals surface area contributed by atoms with Gasteiger partial charge in [0.1, 0.15) is 11.2 Å². The Bertz CT molecular complexity index is 1270. The van der Waals surface area contributed by atoms with E-state index in [-0.39, 0.29) is 0 Å². The Balaban J connectivity index is 1.70. The Morgan fingerprint density at radius 1 is 0.643 bits per heavy atom. The van der Waals surface area contributed by atoms with Crippen molar-refractivity contribution in [3.63, 3.8) is 0 Å². The van der Waals surface area contributed by atoms with Crippen molar-refractivity contribution in [3.8, 4) is 0 Å². The van der Waals surface area contributed by atoms with E-state index in [9.17, 15) is 0 Å². The summed E-state index contributed by atoms with van der Waals surface area (Å²) < 4.78 is 7.18. The number of fused-ring (bicyclic) bond motifs is 3. The number of anilines is 3. The number of hydrogen-bond acceptors (Lipinski definition) is 2. The molecule has 0 atom stereocenters. The first-order chi connectivity index (χ1) is 13.7. The van der Waals surface area contributed by atoms with E-state index in [1.165, 1.54) is 5.56 Å². The fourth-order valence-electron chi connectivity index (χ4n) is 3.60. The minimum atomic E-state index is 0.888. The summed E-state index contributed by atoms with van der Waals surface area (Å²) in [7, 11) is 0. The molecule has 2 nitrogen and oxygen atoms in total. The smallest absolute Gasteiger partial charge is 0.137 e. The lowest BCUT2D eigenvalue weighted by Gasteiger charge is -2.25. The van der Waals surface area contributed by atoms with Gasteiger partial charge in [0.25, 0.3) is 0 Å². The second-order valence-electron chi connectivity index (χ2n) is 6.93. The number of furan rings is 1. The van der Waals surface area contributed by atoms with Gasteiger partial charge in [-0.15, -0.1) is 0 Å². The SMILES string of the molecule is Cc1ccc(N(c2ccccc2)c2ccc3c(c2)oc2cc(Br)ccc23)cc1. The van der Waals surface area contributed by atoms with E-state index in [0.29, 0.717) is 0 Å². The van der Waals surface area contributed by atoms with E-state index >= 15 is 0 Å². The molecule has 0 fully saturated rings. The maximum atomic E-state index is 6.16. The van der Waals surface area contributed by atoms with Crippen molar-refractivity contribution in [2.24, 2.45) is 0 Å². The van der Waals surface area contributed by atoms with Crippen LogP contribution in [-0.4, -0.2) is 0 Å². The third-order valence-corrected chi connectivity index (χ3v) is 5.48. The summed E-state index contributed by atoms with van der Waals surface area (Å²) in [6.45, 7) is 2.11. The lowest BCUT2D eigenvalue weighted by molar-refractivity contribution is 0.668. The molecule has 0 radical (unpaired) electrons. The molecule has 0 saturated heterocycles. The van der Waals surface area contributed by atoms with Gasteiger partial charge in [0.05, 0.1) is 0 Å². The summed E-state index contributed by atoms with van der Waals surface area (Å²) in [6, 6.07) is 31.6. The van der Waals surface area contributed by atoms with Crippen LogP contribution in [0.15, 0.2) is 99.9 Å². The summed E-state index contributed by atoms with van der Waals surface area (Å²) in [6.07, 6.45) is 0. The summed E-state index contributed by atoms with van der Waals surface area (Å²) in [5.41, 5.74) is 6.33. The van der Waals surface area contributed by atoms with Crippen molar-refractivity contribution >= 4 is 54.9 Å². The summed E-state index contributed by atoms with van der Waals surface area (Å²) in [5, 5.41) is 2.26. The Labute approximate surface area is 172 Å². The van der Waals surface area contributed by atoms with Crippen LogP contribution in [0.1, 0.15) is 5.56 Å². The highest BCUT2D eigenvalue weighted by atomic mass is 79.9. The van der Waals surface area contributed by atoms with Gasteiger partial charge in [-0.3, -0.25) is 0 Å². The van der Waals surface area contributed by atoms with Gasteiger partial charge in [0.2, 0.25) is 0 Å². The molecule has 136 valence electrons. The van der Waals surface area contributed by atoms with Crippen molar-refractivity contribution in [3.05, 3.63) is 101 Å². The first kappa shape index (κ1) is 17.1. The quantitative estimate of drug-likeness (QED) is 0.288. The van der Waals surface area contributed by atoms with Crippen molar-refractivity contribution in [1.29, 1.82) is 0 Å². The minimum absolute atomic E-state index is 0.888. The molecular formula is C25H18BrNO. The molecule has 0 unspecified atom stereocenters. The van der Waals surface area contributed by atoms with Crippen LogP contribution in [0.3, 0.4) is 0 Å². The molecule has 4 aromatic carbocycles. The zero-order valence-electron chi connectivity index (χ0n) is 15.4. The molecule has 1 aromatic heterocycles. The summed E-state index contributed by atoms with van der Waals surface area (Å²) in [4.78, 5) is 2.25. The minimum Gasteiger partial charge on any atom is -0.456 e. The maximum Gasteiger partial charge on any atom is 0.137 e. The van der Waals surface area contributed by atoms with Gasteiger partial charge in [0.15, 0.2) is 0 Å². The number of para-hydroxylation sites is 1. The lowest BCUT2D eigenvalue weighted by atomic mass is 10.1. The Hall–Kier alpha value is -3.04. The van der Waals surface area contributed by atoms with Crippen LogP contribution in [0.25, 0.3) is 21.9 Å². The van der Waals surface area contributed by atoms with Gasteiger partial charge in [0, 0.05) is 38.4 Å². The highest BCUT2D eigenvalue weighted by Crippen LogP contribution is 2.38. The molecule has 3 heteroatoms. The van der Waals surface area contributed by atoms with Gasteiger partial charge >= 0.3 is 0 Å².